The van der Waals surface area contributed by atoms with Crippen molar-refractivity contribution >= 4 is 23.2 Å². The number of aryl methyl sites for hydroxylation is 2. The lowest BCUT2D eigenvalue weighted by atomic mass is 10.0. The van der Waals surface area contributed by atoms with Crippen molar-refractivity contribution in [2.24, 2.45) is 0 Å². The molecule has 4 aromatic rings. The van der Waals surface area contributed by atoms with Gasteiger partial charge in [0, 0.05) is 11.4 Å². The Balaban J connectivity index is 1.22. The molecule has 4 rings (SSSR count). The Hall–Kier alpha value is -4.58. The molecule has 2 N–H and O–H groups in total. The SMILES string of the molecule is Cc1ccccc1OCC(=O)Nc1ccc(Cc2ccc(NC(=O)COc3ccccc3C)cc2)cc1. The van der Waals surface area contributed by atoms with Gasteiger partial charge >= 0.3 is 0 Å². The van der Waals surface area contributed by atoms with Crippen molar-refractivity contribution in [2.45, 2.75) is 20.3 Å². The maximum atomic E-state index is 12.2. The summed E-state index contributed by atoms with van der Waals surface area (Å²) in [5.74, 6) is 0.985. The van der Waals surface area contributed by atoms with Crippen molar-refractivity contribution in [3.63, 3.8) is 0 Å². The Morgan fingerprint density at radius 3 is 1.32 bits per heavy atom. The number of para-hydroxylation sites is 2. The van der Waals surface area contributed by atoms with Gasteiger partial charge in [0.05, 0.1) is 0 Å². The Bertz CT molecular complexity index is 1240. The van der Waals surface area contributed by atoms with Gasteiger partial charge in [-0.25, -0.2) is 0 Å². The summed E-state index contributed by atoms with van der Waals surface area (Å²) in [7, 11) is 0. The highest BCUT2D eigenvalue weighted by Gasteiger charge is 2.07. The monoisotopic (exact) mass is 494 g/mol. The molecular formula is C31H30N2O4. The molecule has 4 aromatic carbocycles. The summed E-state index contributed by atoms with van der Waals surface area (Å²) in [6.07, 6.45) is 0.731. The number of carbonyl (C=O) groups is 2. The molecule has 0 atom stereocenters. The fraction of sp³-hybridized carbons (Fsp3) is 0.161. The summed E-state index contributed by atoms with van der Waals surface area (Å²) < 4.78 is 11.2. The zero-order valence-electron chi connectivity index (χ0n) is 21.0. The predicted octanol–water partition coefficient (Wildman–Crippen LogP) is 5.93. The average molecular weight is 495 g/mol. The standard InChI is InChI=1S/C31H30N2O4/c1-22-7-3-5-9-28(22)36-20-30(34)32-26-15-11-24(12-16-26)19-25-13-17-27(18-14-25)33-31(35)21-37-29-10-6-4-8-23(29)2/h3-18H,19-21H2,1-2H3,(H,32,34)(H,33,35). The molecule has 0 radical (unpaired) electrons. The summed E-state index contributed by atoms with van der Waals surface area (Å²) in [5, 5.41) is 5.72. The highest BCUT2D eigenvalue weighted by molar-refractivity contribution is 5.92. The van der Waals surface area contributed by atoms with E-state index in [0.717, 1.165) is 28.7 Å². The molecule has 0 heterocycles. The van der Waals surface area contributed by atoms with E-state index in [4.69, 9.17) is 9.47 Å². The first kappa shape index (κ1) is 25.5. The van der Waals surface area contributed by atoms with Crippen molar-refractivity contribution in [1.82, 2.24) is 0 Å². The second-order valence-corrected chi connectivity index (χ2v) is 8.78. The number of hydrogen-bond donors (Lipinski definition) is 2. The van der Waals surface area contributed by atoms with Crippen LogP contribution in [0, 0.1) is 13.8 Å². The number of amides is 2. The molecule has 6 nitrogen and oxygen atoms in total. The molecule has 2 amide bonds. The van der Waals surface area contributed by atoms with Crippen LogP contribution < -0.4 is 20.1 Å². The molecule has 0 bridgehead atoms. The van der Waals surface area contributed by atoms with Gasteiger partial charge in [-0.15, -0.1) is 0 Å². The Morgan fingerprint density at radius 1 is 0.568 bits per heavy atom. The number of rotatable bonds is 10. The number of anilines is 2. The first-order valence-corrected chi connectivity index (χ1v) is 12.1. The highest BCUT2D eigenvalue weighted by Crippen LogP contribution is 2.19. The average Bonchev–Trinajstić information content (AvgIpc) is 2.90. The summed E-state index contributed by atoms with van der Waals surface area (Å²) >= 11 is 0. The second-order valence-electron chi connectivity index (χ2n) is 8.78. The minimum Gasteiger partial charge on any atom is -0.483 e. The maximum Gasteiger partial charge on any atom is 0.262 e. The van der Waals surface area contributed by atoms with E-state index in [0.29, 0.717) is 22.9 Å². The van der Waals surface area contributed by atoms with Gasteiger partial charge < -0.3 is 20.1 Å². The summed E-state index contributed by atoms with van der Waals surface area (Å²) in [6.45, 7) is 3.79. The van der Waals surface area contributed by atoms with Crippen LogP contribution in [0.4, 0.5) is 11.4 Å². The number of benzene rings is 4. The van der Waals surface area contributed by atoms with E-state index in [-0.39, 0.29) is 25.0 Å². The molecule has 0 fully saturated rings. The molecule has 0 aliphatic rings. The van der Waals surface area contributed by atoms with Gasteiger partial charge in [-0.05, 0) is 78.9 Å². The van der Waals surface area contributed by atoms with Crippen molar-refractivity contribution < 1.29 is 19.1 Å². The lowest BCUT2D eigenvalue weighted by molar-refractivity contribution is -0.118. The fourth-order valence-electron chi connectivity index (χ4n) is 3.77. The number of carbonyl (C=O) groups excluding carboxylic acids is 2. The molecule has 0 spiro atoms. The fourth-order valence-corrected chi connectivity index (χ4v) is 3.77. The van der Waals surface area contributed by atoms with E-state index in [1.54, 1.807) is 0 Å². The lowest BCUT2D eigenvalue weighted by Gasteiger charge is -2.11. The minimum absolute atomic E-state index is 0.0481. The zero-order chi connectivity index (χ0) is 26.0. The Kier molecular flexibility index (Phi) is 8.55. The molecule has 0 aliphatic heterocycles. The van der Waals surface area contributed by atoms with Gasteiger partial charge in [0.25, 0.3) is 11.8 Å². The summed E-state index contributed by atoms with van der Waals surface area (Å²) in [4.78, 5) is 24.5. The number of hydrogen-bond acceptors (Lipinski definition) is 4. The van der Waals surface area contributed by atoms with Crippen molar-refractivity contribution in [1.29, 1.82) is 0 Å². The normalized spacial score (nSPS) is 10.4. The first-order valence-electron chi connectivity index (χ1n) is 12.1. The van der Waals surface area contributed by atoms with Crippen LogP contribution in [-0.4, -0.2) is 25.0 Å². The summed E-state index contributed by atoms with van der Waals surface area (Å²) in [6, 6.07) is 30.6. The van der Waals surface area contributed by atoms with Gasteiger partial charge in [-0.1, -0.05) is 60.7 Å². The van der Waals surface area contributed by atoms with E-state index in [1.807, 2.05) is 111 Å². The third-order valence-electron chi connectivity index (χ3n) is 5.79. The molecule has 0 aliphatic carbocycles. The summed E-state index contributed by atoms with van der Waals surface area (Å²) in [5.41, 5.74) is 5.63. The van der Waals surface area contributed by atoms with Gasteiger partial charge in [-0.2, -0.15) is 0 Å². The van der Waals surface area contributed by atoms with Crippen LogP contribution in [0.1, 0.15) is 22.3 Å². The van der Waals surface area contributed by atoms with Crippen molar-refractivity contribution in [2.75, 3.05) is 23.8 Å². The first-order chi connectivity index (χ1) is 18.0. The number of ether oxygens (including phenoxy) is 2. The Morgan fingerprint density at radius 2 is 0.946 bits per heavy atom. The van der Waals surface area contributed by atoms with Crippen LogP contribution in [0.2, 0.25) is 0 Å². The topological polar surface area (TPSA) is 76.7 Å². The lowest BCUT2D eigenvalue weighted by Crippen LogP contribution is -2.20. The van der Waals surface area contributed by atoms with Crippen molar-refractivity contribution in [3.05, 3.63) is 119 Å². The molecule has 0 saturated heterocycles. The molecule has 37 heavy (non-hydrogen) atoms. The molecule has 0 saturated carbocycles. The zero-order valence-corrected chi connectivity index (χ0v) is 21.0. The van der Waals surface area contributed by atoms with Gasteiger partial charge in [0.1, 0.15) is 11.5 Å². The maximum absolute atomic E-state index is 12.2. The molecule has 6 heteroatoms. The molecular weight excluding hydrogens is 464 g/mol. The quantitative estimate of drug-likeness (QED) is 0.287. The minimum atomic E-state index is -0.210. The van der Waals surface area contributed by atoms with E-state index >= 15 is 0 Å². The largest absolute Gasteiger partial charge is 0.483 e. The smallest absolute Gasteiger partial charge is 0.262 e. The molecule has 0 unspecified atom stereocenters. The van der Waals surface area contributed by atoms with Gasteiger partial charge in [0.15, 0.2) is 13.2 Å². The van der Waals surface area contributed by atoms with Crippen LogP contribution in [0.5, 0.6) is 11.5 Å². The Labute approximate surface area is 217 Å². The van der Waals surface area contributed by atoms with Crippen LogP contribution in [0.25, 0.3) is 0 Å². The van der Waals surface area contributed by atoms with Gasteiger partial charge in [0.2, 0.25) is 0 Å². The molecule has 0 aromatic heterocycles. The predicted molar refractivity (Wildman–Crippen MR) is 146 cm³/mol. The van der Waals surface area contributed by atoms with Gasteiger partial charge in [-0.3, -0.25) is 9.59 Å². The second kappa shape index (κ2) is 12.4. The van der Waals surface area contributed by atoms with E-state index in [2.05, 4.69) is 10.6 Å². The highest BCUT2D eigenvalue weighted by atomic mass is 16.5. The third kappa shape index (κ3) is 7.70. The van der Waals surface area contributed by atoms with Crippen LogP contribution in [-0.2, 0) is 16.0 Å². The molecule has 188 valence electrons. The van der Waals surface area contributed by atoms with E-state index in [9.17, 15) is 9.59 Å². The van der Waals surface area contributed by atoms with Crippen LogP contribution in [0.15, 0.2) is 97.1 Å². The van der Waals surface area contributed by atoms with E-state index < -0.39 is 0 Å². The van der Waals surface area contributed by atoms with Crippen LogP contribution >= 0.6 is 0 Å². The van der Waals surface area contributed by atoms with Crippen LogP contribution in [0.3, 0.4) is 0 Å². The van der Waals surface area contributed by atoms with Crippen molar-refractivity contribution in [3.8, 4) is 11.5 Å². The third-order valence-corrected chi connectivity index (χ3v) is 5.79. The number of nitrogens with one attached hydrogen (secondary N) is 2. The van der Waals surface area contributed by atoms with E-state index in [1.165, 1.54) is 0 Å².